The molecule has 0 aromatic heterocycles. The molecule has 0 saturated heterocycles. The number of amides is 1. The molecule has 1 amide bonds. The molecule has 0 fully saturated rings. The Hall–Kier alpha value is -3.02. The molecule has 0 aliphatic rings. The lowest BCUT2D eigenvalue weighted by atomic mass is 9.85. The number of hydrogen-bond donors (Lipinski definition) is 1. The Morgan fingerprint density at radius 2 is 1.78 bits per heavy atom. The molecule has 2 aromatic rings. The maximum atomic E-state index is 12.2. The molecule has 32 heavy (non-hydrogen) atoms. The van der Waals surface area contributed by atoms with Gasteiger partial charge in [0.05, 0.1) is 19.9 Å². The molecule has 0 unspecified atom stereocenters. The van der Waals surface area contributed by atoms with Crippen molar-refractivity contribution in [3.63, 3.8) is 0 Å². The van der Waals surface area contributed by atoms with Crippen LogP contribution in [-0.2, 0) is 10.2 Å². The van der Waals surface area contributed by atoms with Gasteiger partial charge in [0.25, 0.3) is 5.91 Å². The van der Waals surface area contributed by atoms with E-state index in [0.29, 0.717) is 23.9 Å². The number of methoxy groups -OCH3 is 1. The molecule has 2 rings (SSSR count). The first-order valence-electron chi connectivity index (χ1n) is 11.1. The summed E-state index contributed by atoms with van der Waals surface area (Å²) >= 11 is 0. The van der Waals surface area contributed by atoms with Crippen molar-refractivity contribution in [2.75, 3.05) is 20.3 Å². The highest BCUT2D eigenvalue weighted by atomic mass is 16.5. The Morgan fingerprint density at radius 3 is 2.47 bits per heavy atom. The van der Waals surface area contributed by atoms with Crippen LogP contribution in [0.3, 0.4) is 0 Å². The molecule has 6 nitrogen and oxygen atoms in total. The van der Waals surface area contributed by atoms with E-state index in [9.17, 15) is 4.79 Å². The predicted molar refractivity (Wildman–Crippen MR) is 129 cm³/mol. The van der Waals surface area contributed by atoms with Gasteiger partial charge in [-0.05, 0) is 54.2 Å². The summed E-state index contributed by atoms with van der Waals surface area (Å²) in [4.78, 5) is 12.2. The maximum absolute atomic E-state index is 12.2. The number of unbranched alkanes of at least 4 members (excludes halogenated alkanes) is 2. The van der Waals surface area contributed by atoms with Gasteiger partial charge < -0.3 is 14.2 Å². The van der Waals surface area contributed by atoms with Gasteiger partial charge in [-0.2, -0.15) is 5.10 Å². The van der Waals surface area contributed by atoms with Crippen molar-refractivity contribution in [2.45, 2.75) is 59.3 Å². The van der Waals surface area contributed by atoms with E-state index < -0.39 is 0 Å². The summed E-state index contributed by atoms with van der Waals surface area (Å²) in [6, 6.07) is 11.5. The topological polar surface area (TPSA) is 69.2 Å². The minimum Gasteiger partial charge on any atom is -0.493 e. The molecule has 0 aliphatic carbocycles. The van der Waals surface area contributed by atoms with Crippen molar-refractivity contribution in [2.24, 2.45) is 5.10 Å². The van der Waals surface area contributed by atoms with Crippen LogP contribution in [0.4, 0.5) is 0 Å². The van der Waals surface area contributed by atoms with E-state index >= 15 is 0 Å². The van der Waals surface area contributed by atoms with Gasteiger partial charge in [0.1, 0.15) is 5.75 Å². The van der Waals surface area contributed by atoms with Gasteiger partial charge in [0.2, 0.25) is 0 Å². The molecule has 0 spiro atoms. The van der Waals surface area contributed by atoms with Crippen LogP contribution in [0.15, 0.2) is 41.5 Å². The van der Waals surface area contributed by atoms with E-state index in [0.717, 1.165) is 36.0 Å². The van der Waals surface area contributed by atoms with E-state index in [-0.39, 0.29) is 17.9 Å². The quantitative estimate of drug-likeness (QED) is 0.289. The molecular weight excluding hydrogens is 404 g/mol. The van der Waals surface area contributed by atoms with Gasteiger partial charge >= 0.3 is 0 Å². The number of benzene rings is 2. The van der Waals surface area contributed by atoms with Crippen molar-refractivity contribution in [3.05, 3.63) is 53.1 Å². The number of carbonyl (C=O) groups is 1. The molecule has 174 valence electrons. The number of aryl methyl sites for hydroxylation is 1. The van der Waals surface area contributed by atoms with Gasteiger partial charge in [-0.3, -0.25) is 4.79 Å². The summed E-state index contributed by atoms with van der Waals surface area (Å²) in [6.07, 6.45) is 4.86. The van der Waals surface area contributed by atoms with Crippen LogP contribution in [0.5, 0.6) is 17.2 Å². The third kappa shape index (κ3) is 7.91. The van der Waals surface area contributed by atoms with E-state index in [4.69, 9.17) is 14.2 Å². The van der Waals surface area contributed by atoms with Gasteiger partial charge in [-0.15, -0.1) is 0 Å². The van der Waals surface area contributed by atoms with E-state index in [2.05, 4.69) is 44.3 Å². The van der Waals surface area contributed by atoms with Gasteiger partial charge in [-0.1, -0.05) is 58.2 Å². The van der Waals surface area contributed by atoms with Gasteiger partial charge in [0.15, 0.2) is 18.1 Å². The first kappa shape index (κ1) is 25.2. The number of hydrazone groups is 1. The minimum atomic E-state index is -0.329. The molecule has 0 atom stereocenters. The highest BCUT2D eigenvalue weighted by molar-refractivity contribution is 5.83. The lowest BCUT2D eigenvalue weighted by molar-refractivity contribution is -0.123. The fourth-order valence-corrected chi connectivity index (χ4v) is 3.13. The predicted octanol–water partition coefficient (Wildman–Crippen LogP) is 5.40. The van der Waals surface area contributed by atoms with E-state index in [1.165, 1.54) is 0 Å². The van der Waals surface area contributed by atoms with Crippen molar-refractivity contribution in [3.8, 4) is 17.2 Å². The van der Waals surface area contributed by atoms with Crippen LogP contribution in [0, 0.1) is 6.92 Å². The summed E-state index contributed by atoms with van der Waals surface area (Å²) in [5.74, 6) is 1.71. The van der Waals surface area contributed by atoms with Crippen LogP contribution in [0.25, 0.3) is 0 Å². The molecule has 0 aliphatic heterocycles. The van der Waals surface area contributed by atoms with Crippen LogP contribution in [0.1, 0.15) is 63.6 Å². The van der Waals surface area contributed by atoms with E-state index in [1.54, 1.807) is 13.3 Å². The Balaban J connectivity index is 1.91. The highest BCUT2D eigenvalue weighted by Crippen LogP contribution is 2.32. The summed E-state index contributed by atoms with van der Waals surface area (Å²) in [5, 5.41) is 4.03. The van der Waals surface area contributed by atoms with Crippen molar-refractivity contribution < 1.29 is 19.0 Å². The first-order chi connectivity index (χ1) is 15.2. The van der Waals surface area contributed by atoms with Gasteiger partial charge in [0, 0.05) is 0 Å². The van der Waals surface area contributed by atoms with Crippen LogP contribution in [-0.4, -0.2) is 32.4 Å². The number of nitrogens with one attached hydrogen (secondary N) is 1. The number of hydrogen-bond acceptors (Lipinski definition) is 5. The number of rotatable bonds is 11. The molecule has 2 aromatic carbocycles. The van der Waals surface area contributed by atoms with Crippen LogP contribution in [0.2, 0.25) is 0 Å². The summed E-state index contributed by atoms with van der Waals surface area (Å²) in [5.41, 5.74) is 5.44. The molecule has 6 heteroatoms. The fraction of sp³-hybridized carbons (Fsp3) is 0.462. The maximum Gasteiger partial charge on any atom is 0.277 e. The number of carbonyl (C=O) groups excluding carboxylic acids is 1. The standard InChI is InChI=1S/C26H36N2O4/c1-7-8-9-14-31-23-13-11-20(16-24(23)30-6)17-27-28-25(29)18-32-22-12-10-19(2)15-21(22)26(3,4)5/h10-13,15-17H,7-9,14,18H2,1-6H3,(H,28,29)/b27-17+. The van der Waals surface area contributed by atoms with E-state index in [1.807, 2.05) is 37.3 Å². The monoisotopic (exact) mass is 440 g/mol. The Labute approximate surface area is 192 Å². The Bertz CT molecular complexity index is 917. The Morgan fingerprint density at radius 1 is 1.03 bits per heavy atom. The fourth-order valence-electron chi connectivity index (χ4n) is 3.13. The SMILES string of the molecule is CCCCCOc1ccc(/C=N/NC(=O)COc2ccc(C)cc2C(C)(C)C)cc1OC. The first-order valence-corrected chi connectivity index (χ1v) is 11.1. The zero-order chi connectivity index (χ0) is 23.6. The summed E-state index contributed by atoms with van der Waals surface area (Å²) < 4.78 is 17.0. The zero-order valence-electron chi connectivity index (χ0n) is 20.2. The largest absolute Gasteiger partial charge is 0.493 e. The second-order valence-electron chi connectivity index (χ2n) is 8.80. The average molecular weight is 441 g/mol. The normalized spacial score (nSPS) is 11.4. The number of nitrogens with zero attached hydrogens (tertiary/aromatic N) is 1. The van der Waals surface area contributed by atoms with Gasteiger partial charge in [-0.25, -0.2) is 5.43 Å². The highest BCUT2D eigenvalue weighted by Gasteiger charge is 2.19. The lowest BCUT2D eigenvalue weighted by Crippen LogP contribution is -2.25. The third-order valence-corrected chi connectivity index (χ3v) is 4.90. The number of ether oxygens (including phenoxy) is 3. The summed E-state index contributed by atoms with van der Waals surface area (Å²) in [6.45, 7) is 11.1. The lowest BCUT2D eigenvalue weighted by Gasteiger charge is -2.23. The smallest absolute Gasteiger partial charge is 0.277 e. The third-order valence-electron chi connectivity index (χ3n) is 4.90. The van der Waals surface area contributed by atoms with Crippen LogP contribution < -0.4 is 19.6 Å². The van der Waals surface area contributed by atoms with Crippen molar-refractivity contribution >= 4 is 12.1 Å². The average Bonchev–Trinajstić information content (AvgIpc) is 2.75. The molecular formula is C26H36N2O4. The zero-order valence-corrected chi connectivity index (χ0v) is 20.2. The minimum absolute atomic E-state index is 0.0824. The molecule has 0 radical (unpaired) electrons. The second kappa shape index (κ2) is 12.1. The second-order valence-corrected chi connectivity index (χ2v) is 8.80. The summed E-state index contributed by atoms with van der Waals surface area (Å²) in [7, 11) is 1.60. The molecule has 0 saturated carbocycles. The Kier molecular flexibility index (Phi) is 9.57. The molecule has 1 N–H and O–H groups in total. The van der Waals surface area contributed by atoms with Crippen molar-refractivity contribution in [1.82, 2.24) is 5.43 Å². The molecule has 0 bridgehead atoms. The van der Waals surface area contributed by atoms with Crippen LogP contribution >= 0.6 is 0 Å². The van der Waals surface area contributed by atoms with Crippen molar-refractivity contribution in [1.29, 1.82) is 0 Å². The molecule has 0 heterocycles.